The van der Waals surface area contributed by atoms with Gasteiger partial charge < -0.3 is 15.4 Å². The van der Waals surface area contributed by atoms with Gasteiger partial charge in [-0.2, -0.15) is 0 Å². The number of hydrogen-bond acceptors (Lipinski definition) is 3. The van der Waals surface area contributed by atoms with Crippen molar-refractivity contribution >= 4 is 34.7 Å². The Balaban J connectivity index is 1.58. The average molecular weight is 435 g/mol. The minimum absolute atomic E-state index is 0.161. The minimum atomic E-state index is -0.295. The molecule has 3 rings (SSSR count). The van der Waals surface area contributed by atoms with Crippen LogP contribution < -0.4 is 15.4 Å². The predicted molar refractivity (Wildman–Crippen MR) is 122 cm³/mol. The summed E-state index contributed by atoms with van der Waals surface area (Å²) in [7, 11) is 0. The smallest absolute Gasteiger partial charge is 0.171 e. The second-order valence-electron chi connectivity index (χ2n) is 7.85. The van der Waals surface area contributed by atoms with E-state index in [1.165, 1.54) is 38.5 Å². The highest BCUT2D eigenvalue weighted by atomic mass is 35.5. The van der Waals surface area contributed by atoms with Crippen molar-refractivity contribution in [2.24, 2.45) is 0 Å². The lowest BCUT2D eigenvalue weighted by molar-refractivity contribution is -0.116. The molecule has 1 unspecified atom stereocenters. The van der Waals surface area contributed by atoms with Gasteiger partial charge in [0.2, 0.25) is 0 Å². The van der Waals surface area contributed by atoms with Gasteiger partial charge in [0.15, 0.2) is 10.9 Å². The Morgan fingerprint density at radius 3 is 2.66 bits per heavy atom. The summed E-state index contributed by atoms with van der Waals surface area (Å²) in [6.45, 7) is 2.94. The normalized spacial score (nSPS) is 18.9. The first-order valence-electron chi connectivity index (χ1n) is 10.9. The molecule has 6 heteroatoms. The van der Waals surface area contributed by atoms with Crippen LogP contribution in [0.15, 0.2) is 29.5 Å². The van der Waals surface area contributed by atoms with Gasteiger partial charge in [-0.1, -0.05) is 63.1 Å². The van der Waals surface area contributed by atoms with Gasteiger partial charge in [0.05, 0.1) is 12.6 Å². The Labute approximate surface area is 184 Å². The summed E-state index contributed by atoms with van der Waals surface area (Å²) in [5.74, 6) is 0.930. The molecule has 0 aromatic heterocycles. The van der Waals surface area contributed by atoms with Gasteiger partial charge in [-0.3, -0.25) is 4.79 Å². The maximum atomic E-state index is 12.5. The molecule has 4 nitrogen and oxygen atoms in total. The number of hydrogen-bond donors (Lipinski definition) is 2. The number of nitrogens with one attached hydrogen (secondary N) is 2. The standard InChI is InChI=1S/C23H31ClN2O2S/c1-2-3-4-5-6-7-8-14-28-16-12-13-17(18(24)15-16)22-21-19(25-23(29)26-22)10-9-11-20(21)27/h12-13,15,22H,2-11,14H2,1H3,(H2,25,26,29). The third-order valence-corrected chi connectivity index (χ3v) is 6.13. The van der Waals surface area contributed by atoms with E-state index in [9.17, 15) is 4.79 Å². The van der Waals surface area contributed by atoms with E-state index in [2.05, 4.69) is 17.6 Å². The number of halogens is 1. The van der Waals surface area contributed by atoms with Gasteiger partial charge >= 0.3 is 0 Å². The molecule has 1 aliphatic heterocycles. The number of carbonyl (C=O) groups excluding carboxylic acids is 1. The number of unbranched alkanes of at least 4 members (excludes halogenated alkanes) is 6. The Hall–Kier alpha value is -1.59. The van der Waals surface area contributed by atoms with Crippen LogP contribution in [0.4, 0.5) is 0 Å². The molecule has 1 heterocycles. The fourth-order valence-electron chi connectivity index (χ4n) is 4.02. The van der Waals surface area contributed by atoms with Gasteiger partial charge in [0.25, 0.3) is 0 Å². The lowest BCUT2D eigenvalue weighted by Gasteiger charge is -2.34. The molecule has 2 aliphatic rings. The van der Waals surface area contributed by atoms with E-state index >= 15 is 0 Å². The van der Waals surface area contributed by atoms with Gasteiger partial charge in [-0.25, -0.2) is 0 Å². The van der Waals surface area contributed by atoms with Crippen LogP contribution in [0, 0.1) is 0 Å². The molecule has 29 heavy (non-hydrogen) atoms. The quantitative estimate of drug-likeness (QED) is 0.349. The Morgan fingerprint density at radius 2 is 1.90 bits per heavy atom. The zero-order valence-corrected chi connectivity index (χ0v) is 18.8. The number of ether oxygens (including phenoxy) is 1. The lowest BCUT2D eigenvalue weighted by atomic mass is 9.85. The van der Waals surface area contributed by atoms with Crippen molar-refractivity contribution in [3.63, 3.8) is 0 Å². The van der Waals surface area contributed by atoms with E-state index in [-0.39, 0.29) is 11.8 Å². The minimum Gasteiger partial charge on any atom is -0.494 e. The molecule has 1 aromatic carbocycles. The molecule has 2 N–H and O–H groups in total. The molecule has 0 amide bonds. The zero-order valence-electron chi connectivity index (χ0n) is 17.2. The van der Waals surface area contributed by atoms with Gasteiger partial charge in [-0.05, 0) is 49.2 Å². The summed E-state index contributed by atoms with van der Waals surface area (Å²) in [6.07, 6.45) is 11.1. The molecule has 0 spiro atoms. The van der Waals surface area contributed by atoms with E-state index < -0.39 is 0 Å². The lowest BCUT2D eigenvalue weighted by Crippen LogP contribution is -2.46. The number of thiocarbonyl (C=S) groups is 1. The summed E-state index contributed by atoms with van der Waals surface area (Å²) in [4.78, 5) is 12.5. The fourth-order valence-corrected chi connectivity index (χ4v) is 4.54. The van der Waals surface area contributed by atoms with Gasteiger partial charge in [0, 0.05) is 22.7 Å². The summed E-state index contributed by atoms with van der Waals surface area (Å²) in [6, 6.07) is 5.43. The van der Waals surface area contributed by atoms with Crippen LogP contribution in [0.2, 0.25) is 5.02 Å². The SMILES string of the molecule is CCCCCCCCCOc1ccc(C2NC(=S)NC3=C2C(=O)CCC3)c(Cl)c1. The molecule has 0 saturated carbocycles. The highest BCUT2D eigenvalue weighted by Gasteiger charge is 2.34. The highest BCUT2D eigenvalue weighted by molar-refractivity contribution is 7.80. The van der Waals surface area contributed by atoms with Crippen molar-refractivity contribution in [3.05, 3.63) is 40.1 Å². The molecular weight excluding hydrogens is 404 g/mol. The summed E-state index contributed by atoms with van der Waals surface area (Å²) < 4.78 is 5.88. The van der Waals surface area contributed by atoms with Crippen molar-refractivity contribution in [1.29, 1.82) is 0 Å². The van der Waals surface area contributed by atoms with E-state index in [1.54, 1.807) is 0 Å². The van der Waals surface area contributed by atoms with Gasteiger partial charge in [-0.15, -0.1) is 0 Å². The second kappa shape index (κ2) is 11.0. The molecule has 0 radical (unpaired) electrons. The van der Waals surface area contributed by atoms with E-state index in [1.807, 2.05) is 18.2 Å². The third kappa shape index (κ3) is 5.95. The number of ketones is 1. The van der Waals surface area contributed by atoms with E-state index in [0.717, 1.165) is 41.8 Å². The van der Waals surface area contributed by atoms with Crippen molar-refractivity contribution in [1.82, 2.24) is 10.6 Å². The fraction of sp³-hybridized carbons (Fsp3) is 0.565. The monoisotopic (exact) mass is 434 g/mol. The number of Topliss-reactive ketones (excluding diaryl/α,β-unsaturated/α-hetero) is 1. The predicted octanol–water partition coefficient (Wildman–Crippen LogP) is 6.00. The second-order valence-corrected chi connectivity index (χ2v) is 8.67. The maximum absolute atomic E-state index is 12.5. The van der Waals surface area contributed by atoms with Crippen LogP contribution in [0.25, 0.3) is 0 Å². The van der Waals surface area contributed by atoms with Crippen molar-refractivity contribution in [3.8, 4) is 5.75 Å². The van der Waals surface area contributed by atoms with E-state index in [4.69, 9.17) is 28.6 Å². The molecular formula is C23H31ClN2O2S. The molecule has 1 aromatic rings. The van der Waals surface area contributed by atoms with Crippen LogP contribution >= 0.6 is 23.8 Å². The molecule has 158 valence electrons. The third-order valence-electron chi connectivity index (χ3n) is 5.58. The first-order valence-corrected chi connectivity index (χ1v) is 11.6. The first kappa shape index (κ1) is 22.1. The Bertz CT molecular complexity index is 778. The van der Waals surface area contributed by atoms with Gasteiger partial charge in [0.1, 0.15) is 5.75 Å². The Morgan fingerprint density at radius 1 is 1.14 bits per heavy atom. The molecule has 0 fully saturated rings. The van der Waals surface area contributed by atoms with Crippen LogP contribution in [-0.4, -0.2) is 17.5 Å². The molecule has 1 atom stereocenters. The maximum Gasteiger partial charge on any atom is 0.171 e. The highest BCUT2D eigenvalue weighted by Crippen LogP contribution is 2.37. The summed E-state index contributed by atoms with van der Waals surface area (Å²) in [5, 5.41) is 7.50. The summed E-state index contributed by atoms with van der Waals surface area (Å²) >= 11 is 11.9. The van der Waals surface area contributed by atoms with Crippen LogP contribution in [0.1, 0.15) is 82.7 Å². The van der Waals surface area contributed by atoms with Crippen molar-refractivity contribution < 1.29 is 9.53 Å². The molecule has 1 aliphatic carbocycles. The van der Waals surface area contributed by atoms with Crippen molar-refractivity contribution in [2.75, 3.05) is 6.61 Å². The summed E-state index contributed by atoms with van der Waals surface area (Å²) in [5.41, 5.74) is 2.57. The molecule has 0 bridgehead atoms. The number of rotatable bonds is 10. The number of carbonyl (C=O) groups is 1. The Kier molecular flexibility index (Phi) is 8.37. The first-order chi connectivity index (χ1) is 14.1. The van der Waals surface area contributed by atoms with Crippen LogP contribution in [0.3, 0.4) is 0 Å². The largest absolute Gasteiger partial charge is 0.494 e. The number of benzene rings is 1. The van der Waals surface area contributed by atoms with Crippen LogP contribution in [-0.2, 0) is 4.79 Å². The van der Waals surface area contributed by atoms with Crippen molar-refractivity contribution in [2.45, 2.75) is 77.2 Å². The zero-order chi connectivity index (χ0) is 20.6. The number of allylic oxidation sites excluding steroid dienone is 1. The average Bonchev–Trinajstić information content (AvgIpc) is 2.69. The van der Waals surface area contributed by atoms with Crippen LogP contribution in [0.5, 0.6) is 5.75 Å². The topological polar surface area (TPSA) is 50.4 Å². The molecule has 0 saturated heterocycles. The van der Waals surface area contributed by atoms with E-state index in [0.29, 0.717) is 23.2 Å².